The van der Waals surface area contributed by atoms with Crippen LogP contribution in [-0.4, -0.2) is 16.0 Å². The maximum Gasteiger partial charge on any atom is 0.142 e. The number of nitriles is 1. The number of aromatic nitrogens is 2. The van der Waals surface area contributed by atoms with Gasteiger partial charge < -0.3 is 10.6 Å². The molecular weight excluding hydrogens is 252 g/mol. The molecule has 6 nitrogen and oxygen atoms in total. The third-order valence-electron chi connectivity index (χ3n) is 3.23. The van der Waals surface area contributed by atoms with Gasteiger partial charge in [-0.1, -0.05) is 6.92 Å². The molecule has 1 aliphatic heterocycles. The summed E-state index contributed by atoms with van der Waals surface area (Å²) in [4.78, 5) is 4.26. The van der Waals surface area contributed by atoms with E-state index >= 15 is 0 Å². The summed E-state index contributed by atoms with van der Waals surface area (Å²) in [7, 11) is 1.94. The predicted molar refractivity (Wildman–Crippen MR) is 77.4 cm³/mol. The van der Waals surface area contributed by atoms with E-state index in [1.165, 1.54) is 5.69 Å². The van der Waals surface area contributed by atoms with Crippen molar-refractivity contribution < 1.29 is 0 Å². The first-order valence-corrected chi connectivity index (χ1v) is 6.51. The van der Waals surface area contributed by atoms with Crippen LogP contribution >= 0.6 is 0 Å². The Morgan fingerprint density at radius 2 is 2.30 bits per heavy atom. The molecule has 0 saturated carbocycles. The number of aliphatic imine (C=N–C) groups is 1. The molecule has 0 fully saturated rings. The number of hydrogen-bond acceptors (Lipinski definition) is 5. The number of allylic oxidation sites excluding steroid dienone is 2. The van der Waals surface area contributed by atoms with E-state index in [1.54, 1.807) is 12.4 Å². The average Bonchev–Trinajstić information content (AvgIpc) is 2.70. The fourth-order valence-corrected chi connectivity index (χ4v) is 2.03. The molecule has 1 aromatic heterocycles. The normalized spacial score (nSPS) is 14.4. The Bertz CT molecular complexity index is 627. The lowest BCUT2D eigenvalue weighted by atomic mass is 10.2. The average molecular weight is 270 g/mol. The zero-order chi connectivity index (χ0) is 14.5. The molecule has 0 atom stereocenters. The summed E-state index contributed by atoms with van der Waals surface area (Å²) >= 11 is 0. The van der Waals surface area contributed by atoms with Gasteiger partial charge in [0.1, 0.15) is 11.9 Å². The van der Waals surface area contributed by atoms with Crippen molar-refractivity contribution in [3.8, 4) is 6.07 Å². The highest BCUT2D eigenvalue weighted by molar-refractivity contribution is 5.85. The molecule has 2 N–H and O–H groups in total. The summed E-state index contributed by atoms with van der Waals surface area (Å²) < 4.78 is 1.89. The molecule has 2 heterocycles. The maximum atomic E-state index is 8.96. The summed E-state index contributed by atoms with van der Waals surface area (Å²) in [6.07, 6.45) is 6.13. The fourth-order valence-electron chi connectivity index (χ4n) is 2.03. The zero-order valence-corrected chi connectivity index (χ0v) is 11.9. The molecule has 1 aromatic rings. The highest BCUT2D eigenvalue weighted by Gasteiger charge is 2.08. The van der Waals surface area contributed by atoms with Gasteiger partial charge in [-0.15, -0.1) is 0 Å². The Kier molecular flexibility index (Phi) is 4.20. The van der Waals surface area contributed by atoms with E-state index in [1.807, 2.05) is 24.9 Å². The van der Waals surface area contributed by atoms with Crippen LogP contribution in [0.25, 0.3) is 0 Å². The van der Waals surface area contributed by atoms with Crippen molar-refractivity contribution in [1.29, 1.82) is 5.26 Å². The van der Waals surface area contributed by atoms with E-state index in [0.717, 1.165) is 17.7 Å². The van der Waals surface area contributed by atoms with Crippen molar-refractivity contribution in [2.24, 2.45) is 12.0 Å². The predicted octanol–water partition coefficient (Wildman–Crippen LogP) is 1.34. The maximum absolute atomic E-state index is 8.96. The van der Waals surface area contributed by atoms with E-state index in [0.29, 0.717) is 17.9 Å². The second-order valence-corrected chi connectivity index (χ2v) is 4.53. The van der Waals surface area contributed by atoms with Crippen LogP contribution in [0.4, 0.5) is 0 Å². The second-order valence-electron chi connectivity index (χ2n) is 4.53. The van der Waals surface area contributed by atoms with Gasteiger partial charge in [-0.3, -0.25) is 4.68 Å². The Balaban J connectivity index is 2.04. The topological polar surface area (TPSA) is 78.0 Å². The number of hydrogen-bond donors (Lipinski definition) is 2. The molecule has 0 aromatic carbocycles. The second kappa shape index (κ2) is 6.06. The summed E-state index contributed by atoms with van der Waals surface area (Å²) in [5.74, 6) is 0.695. The van der Waals surface area contributed by atoms with E-state index in [9.17, 15) is 0 Å². The van der Waals surface area contributed by atoms with E-state index in [-0.39, 0.29) is 0 Å². The van der Waals surface area contributed by atoms with Crippen molar-refractivity contribution in [3.63, 3.8) is 0 Å². The first-order chi connectivity index (χ1) is 9.65. The quantitative estimate of drug-likeness (QED) is 0.865. The number of nitrogens with zero attached hydrogens (tertiary/aromatic N) is 4. The molecule has 0 bridgehead atoms. The minimum Gasteiger partial charge on any atom is -0.365 e. The van der Waals surface area contributed by atoms with Gasteiger partial charge in [0.2, 0.25) is 0 Å². The summed E-state index contributed by atoms with van der Waals surface area (Å²) in [6.45, 7) is 4.61. The minimum atomic E-state index is 0.536. The van der Waals surface area contributed by atoms with Gasteiger partial charge >= 0.3 is 0 Å². The Morgan fingerprint density at radius 3 is 3.00 bits per heavy atom. The van der Waals surface area contributed by atoms with Crippen LogP contribution in [0.5, 0.6) is 0 Å². The van der Waals surface area contributed by atoms with Gasteiger partial charge in [0, 0.05) is 43.0 Å². The van der Waals surface area contributed by atoms with Crippen LogP contribution < -0.4 is 10.6 Å². The summed E-state index contributed by atoms with van der Waals surface area (Å²) in [6, 6.07) is 2.10. The number of rotatable bonds is 4. The van der Waals surface area contributed by atoms with Crippen LogP contribution in [0.15, 0.2) is 34.5 Å². The highest BCUT2D eigenvalue weighted by Crippen LogP contribution is 2.10. The van der Waals surface area contributed by atoms with E-state index < -0.39 is 0 Å². The van der Waals surface area contributed by atoms with Crippen molar-refractivity contribution in [2.75, 3.05) is 0 Å². The molecule has 104 valence electrons. The number of nitrogens with one attached hydrogen (secondary N) is 2. The van der Waals surface area contributed by atoms with Crippen LogP contribution in [0.1, 0.15) is 25.1 Å². The van der Waals surface area contributed by atoms with E-state index in [2.05, 4.69) is 33.7 Å². The van der Waals surface area contributed by atoms with Crippen molar-refractivity contribution in [1.82, 2.24) is 20.4 Å². The molecule has 0 radical (unpaired) electrons. The molecule has 0 aliphatic carbocycles. The molecule has 20 heavy (non-hydrogen) atoms. The molecule has 0 amide bonds. The van der Waals surface area contributed by atoms with Gasteiger partial charge in [-0.05, 0) is 13.3 Å². The van der Waals surface area contributed by atoms with Crippen LogP contribution in [0, 0.1) is 11.3 Å². The first kappa shape index (κ1) is 13.9. The third kappa shape index (κ3) is 2.88. The third-order valence-corrected chi connectivity index (χ3v) is 3.23. The number of aryl methyl sites for hydroxylation is 1. The van der Waals surface area contributed by atoms with Crippen molar-refractivity contribution in [2.45, 2.75) is 26.8 Å². The Labute approximate surface area is 118 Å². The molecule has 0 unspecified atom stereocenters. The highest BCUT2D eigenvalue weighted by atomic mass is 15.3. The largest absolute Gasteiger partial charge is 0.365 e. The fraction of sp³-hybridized carbons (Fsp3) is 0.357. The lowest BCUT2D eigenvalue weighted by Crippen LogP contribution is -2.15. The molecular formula is C14H18N6. The van der Waals surface area contributed by atoms with Crippen LogP contribution in [0.2, 0.25) is 0 Å². The molecule has 1 aliphatic rings. The monoisotopic (exact) mass is 270 g/mol. The summed E-state index contributed by atoms with van der Waals surface area (Å²) in [5, 5.41) is 19.5. The standard InChI is InChI=1S/C14H18N6/c1-4-13-12(8-19-20(13)3)7-18-14-9-16-10(2)11(5-15)6-17-14/h6,8-9,16,18H,4,7H2,1-3H3. The van der Waals surface area contributed by atoms with Crippen LogP contribution in [-0.2, 0) is 20.0 Å². The van der Waals surface area contributed by atoms with Gasteiger partial charge in [-0.25, -0.2) is 4.99 Å². The lowest BCUT2D eigenvalue weighted by molar-refractivity contribution is 0.707. The van der Waals surface area contributed by atoms with Gasteiger partial charge in [0.05, 0.1) is 11.8 Å². The SMILES string of the molecule is CCc1c(CNC2=CNC(C)=C(C#N)C=N2)cnn1C. The van der Waals surface area contributed by atoms with E-state index in [4.69, 9.17) is 5.26 Å². The molecule has 2 rings (SSSR count). The first-order valence-electron chi connectivity index (χ1n) is 6.51. The van der Waals surface area contributed by atoms with Gasteiger partial charge in [0.15, 0.2) is 0 Å². The van der Waals surface area contributed by atoms with Crippen LogP contribution in [0.3, 0.4) is 0 Å². The van der Waals surface area contributed by atoms with Crippen molar-refractivity contribution >= 4 is 6.21 Å². The lowest BCUT2D eigenvalue weighted by Gasteiger charge is -2.07. The smallest absolute Gasteiger partial charge is 0.142 e. The van der Waals surface area contributed by atoms with Gasteiger partial charge in [0.25, 0.3) is 0 Å². The van der Waals surface area contributed by atoms with Gasteiger partial charge in [-0.2, -0.15) is 10.4 Å². The molecule has 0 saturated heterocycles. The molecule has 0 spiro atoms. The minimum absolute atomic E-state index is 0.536. The summed E-state index contributed by atoms with van der Waals surface area (Å²) in [5.41, 5.74) is 3.69. The Morgan fingerprint density at radius 1 is 1.50 bits per heavy atom. The van der Waals surface area contributed by atoms with Crippen molar-refractivity contribution in [3.05, 3.63) is 40.7 Å². The molecule has 6 heteroatoms. The zero-order valence-electron chi connectivity index (χ0n) is 11.9. The Hall–Kier alpha value is -2.55.